The van der Waals surface area contributed by atoms with Gasteiger partial charge in [-0.15, -0.1) is 0 Å². The Bertz CT molecular complexity index is 470. The van der Waals surface area contributed by atoms with Crippen molar-refractivity contribution in [3.05, 3.63) is 28.8 Å². The molecule has 0 spiro atoms. The molecular formula is C17H25ClN2O. The summed E-state index contributed by atoms with van der Waals surface area (Å²) in [6.45, 7) is 5.90. The molecule has 3 nitrogen and oxygen atoms in total. The highest BCUT2D eigenvalue weighted by molar-refractivity contribution is 6.33. The lowest BCUT2D eigenvalue weighted by Crippen LogP contribution is -2.32. The largest absolute Gasteiger partial charge is 0.376 e. The SMILES string of the molecule is CCN(CC1CCCO1)c1ccc(CNC2CC2)cc1Cl. The molecule has 21 heavy (non-hydrogen) atoms. The number of benzene rings is 1. The summed E-state index contributed by atoms with van der Waals surface area (Å²) in [5.74, 6) is 0. The van der Waals surface area contributed by atoms with Crippen LogP contribution in [-0.4, -0.2) is 31.8 Å². The van der Waals surface area contributed by atoms with Crippen molar-refractivity contribution in [1.82, 2.24) is 5.32 Å². The first kappa shape index (κ1) is 15.1. The number of nitrogens with one attached hydrogen (secondary N) is 1. The molecule has 1 saturated heterocycles. The van der Waals surface area contributed by atoms with Crippen LogP contribution in [0, 0.1) is 0 Å². The molecule has 1 aromatic carbocycles. The molecule has 0 radical (unpaired) electrons. The molecule has 1 saturated carbocycles. The van der Waals surface area contributed by atoms with Crippen LogP contribution in [-0.2, 0) is 11.3 Å². The minimum Gasteiger partial charge on any atom is -0.376 e. The first-order valence-corrected chi connectivity index (χ1v) is 8.52. The van der Waals surface area contributed by atoms with Crippen LogP contribution in [0.4, 0.5) is 5.69 Å². The number of anilines is 1. The predicted molar refractivity (Wildman–Crippen MR) is 88.2 cm³/mol. The number of ether oxygens (including phenoxy) is 1. The highest BCUT2D eigenvalue weighted by atomic mass is 35.5. The van der Waals surface area contributed by atoms with Gasteiger partial charge in [-0.3, -0.25) is 0 Å². The summed E-state index contributed by atoms with van der Waals surface area (Å²) in [7, 11) is 0. The summed E-state index contributed by atoms with van der Waals surface area (Å²) in [4.78, 5) is 2.33. The van der Waals surface area contributed by atoms with Gasteiger partial charge in [0.25, 0.3) is 0 Å². The number of hydrogen-bond acceptors (Lipinski definition) is 3. The van der Waals surface area contributed by atoms with Crippen LogP contribution >= 0.6 is 11.6 Å². The van der Waals surface area contributed by atoms with Gasteiger partial charge in [0, 0.05) is 32.3 Å². The molecule has 1 heterocycles. The molecule has 3 rings (SSSR count). The highest BCUT2D eigenvalue weighted by Gasteiger charge is 2.21. The van der Waals surface area contributed by atoms with Crippen LogP contribution in [0.2, 0.25) is 5.02 Å². The second-order valence-corrected chi connectivity index (χ2v) is 6.52. The number of likely N-dealkylation sites (N-methyl/N-ethyl adjacent to an activating group) is 1. The maximum absolute atomic E-state index is 6.51. The van der Waals surface area contributed by atoms with Crippen LogP contribution in [0.25, 0.3) is 0 Å². The van der Waals surface area contributed by atoms with Crippen molar-refractivity contribution in [2.24, 2.45) is 0 Å². The maximum Gasteiger partial charge on any atom is 0.0750 e. The third-order valence-electron chi connectivity index (χ3n) is 4.35. The normalized spacial score (nSPS) is 21.7. The van der Waals surface area contributed by atoms with Crippen LogP contribution in [0.15, 0.2) is 18.2 Å². The van der Waals surface area contributed by atoms with E-state index in [1.54, 1.807) is 0 Å². The van der Waals surface area contributed by atoms with Gasteiger partial charge in [-0.1, -0.05) is 17.7 Å². The average molecular weight is 309 g/mol. The molecule has 1 atom stereocenters. The van der Waals surface area contributed by atoms with E-state index in [1.807, 2.05) is 0 Å². The van der Waals surface area contributed by atoms with Crippen LogP contribution < -0.4 is 10.2 Å². The predicted octanol–water partition coefficient (Wildman–Crippen LogP) is 3.60. The van der Waals surface area contributed by atoms with Crippen molar-refractivity contribution < 1.29 is 4.74 Å². The van der Waals surface area contributed by atoms with Crippen LogP contribution in [0.5, 0.6) is 0 Å². The molecule has 116 valence electrons. The van der Waals surface area contributed by atoms with Crippen molar-refractivity contribution in [3.8, 4) is 0 Å². The van der Waals surface area contributed by atoms with Gasteiger partial charge in [0.15, 0.2) is 0 Å². The summed E-state index contributed by atoms with van der Waals surface area (Å²) in [6, 6.07) is 7.18. The minimum absolute atomic E-state index is 0.359. The third-order valence-corrected chi connectivity index (χ3v) is 4.66. The van der Waals surface area contributed by atoms with Crippen molar-refractivity contribution in [2.45, 2.75) is 51.3 Å². The Morgan fingerprint density at radius 3 is 2.81 bits per heavy atom. The Balaban J connectivity index is 1.63. The lowest BCUT2D eigenvalue weighted by atomic mass is 10.1. The van der Waals surface area contributed by atoms with E-state index in [4.69, 9.17) is 16.3 Å². The Labute approximate surface area is 132 Å². The molecule has 1 N–H and O–H groups in total. The zero-order valence-corrected chi connectivity index (χ0v) is 13.5. The summed E-state index contributed by atoms with van der Waals surface area (Å²) in [6.07, 6.45) is 5.34. The quantitative estimate of drug-likeness (QED) is 0.833. The van der Waals surface area contributed by atoms with E-state index < -0.39 is 0 Å². The number of rotatable bonds is 7. The highest BCUT2D eigenvalue weighted by Crippen LogP contribution is 2.29. The van der Waals surface area contributed by atoms with Gasteiger partial charge in [0.2, 0.25) is 0 Å². The molecule has 2 aliphatic rings. The van der Waals surface area contributed by atoms with Crippen LogP contribution in [0.3, 0.4) is 0 Å². The number of nitrogens with zero attached hydrogens (tertiary/aromatic N) is 1. The van der Waals surface area contributed by atoms with Gasteiger partial charge in [-0.25, -0.2) is 0 Å². The van der Waals surface area contributed by atoms with Gasteiger partial charge in [-0.05, 0) is 50.3 Å². The summed E-state index contributed by atoms with van der Waals surface area (Å²) >= 11 is 6.51. The fraction of sp³-hybridized carbons (Fsp3) is 0.647. The van der Waals surface area contributed by atoms with E-state index in [0.717, 1.165) is 49.4 Å². The van der Waals surface area contributed by atoms with Crippen molar-refractivity contribution in [1.29, 1.82) is 0 Å². The van der Waals surface area contributed by atoms with Crippen molar-refractivity contribution >= 4 is 17.3 Å². The fourth-order valence-corrected chi connectivity index (χ4v) is 3.22. The Morgan fingerprint density at radius 1 is 1.33 bits per heavy atom. The second-order valence-electron chi connectivity index (χ2n) is 6.11. The molecule has 1 unspecified atom stereocenters. The lowest BCUT2D eigenvalue weighted by Gasteiger charge is -2.27. The molecule has 0 amide bonds. The Hall–Kier alpha value is -0.770. The van der Waals surface area contributed by atoms with Gasteiger partial charge in [-0.2, -0.15) is 0 Å². The standard InChI is InChI=1S/C17H25ClN2O/c1-2-20(12-15-4-3-9-21-15)17-8-5-13(10-16(17)18)11-19-14-6-7-14/h5,8,10,14-15,19H,2-4,6-7,9,11-12H2,1H3. The summed E-state index contributed by atoms with van der Waals surface area (Å²) < 4.78 is 5.75. The van der Waals surface area contributed by atoms with E-state index >= 15 is 0 Å². The molecule has 0 bridgehead atoms. The molecular weight excluding hydrogens is 284 g/mol. The van der Waals surface area contributed by atoms with E-state index in [9.17, 15) is 0 Å². The summed E-state index contributed by atoms with van der Waals surface area (Å²) in [5.41, 5.74) is 2.40. The van der Waals surface area contributed by atoms with Gasteiger partial charge < -0.3 is 15.0 Å². The number of halogens is 1. The van der Waals surface area contributed by atoms with Gasteiger partial charge in [0.05, 0.1) is 16.8 Å². The summed E-state index contributed by atoms with van der Waals surface area (Å²) in [5, 5.41) is 4.38. The molecule has 2 fully saturated rings. The third kappa shape index (κ3) is 4.12. The monoisotopic (exact) mass is 308 g/mol. The van der Waals surface area contributed by atoms with E-state index in [-0.39, 0.29) is 0 Å². The maximum atomic E-state index is 6.51. The first-order valence-electron chi connectivity index (χ1n) is 8.14. The molecule has 1 aromatic rings. The van der Waals surface area contributed by atoms with E-state index in [0.29, 0.717) is 6.10 Å². The average Bonchev–Trinajstić information content (AvgIpc) is 3.18. The van der Waals surface area contributed by atoms with Gasteiger partial charge >= 0.3 is 0 Å². The van der Waals surface area contributed by atoms with E-state index in [1.165, 1.54) is 24.8 Å². The lowest BCUT2D eigenvalue weighted by molar-refractivity contribution is 0.115. The zero-order valence-electron chi connectivity index (χ0n) is 12.8. The van der Waals surface area contributed by atoms with Gasteiger partial charge in [0.1, 0.15) is 0 Å². The minimum atomic E-state index is 0.359. The smallest absolute Gasteiger partial charge is 0.0750 e. The van der Waals surface area contributed by atoms with Crippen molar-refractivity contribution in [2.75, 3.05) is 24.6 Å². The van der Waals surface area contributed by atoms with Crippen molar-refractivity contribution in [3.63, 3.8) is 0 Å². The number of hydrogen-bond donors (Lipinski definition) is 1. The second kappa shape index (κ2) is 6.99. The molecule has 0 aromatic heterocycles. The zero-order chi connectivity index (χ0) is 14.7. The van der Waals surface area contributed by atoms with E-state index in [2.05, 4.69) is 35.3 Å². The Kier molecular flexibility index (Phi) is 5.04. The first-order chi connectivity index (χ1) is 10.3. The molecule has 1 aliphatic carbocycles. The molecule has 4 heteroatoms. The van der Waals surface area contributed by atoms with Crippen LogP contribution in [0.1, 0.15) is 38.2 Å². The Morgan fingerprint density at radius 2 is 2.19 bits per heavy atom. The molecule has 1 aliphatic heterocycles. The topological polar surface area (TPSA) is 24.5 Å². The fourth-order valence-electron chi connectivity index (χ4n) is 2.90.